The standard InChI is InChI=1S/C23H25N3O/c1-17(2)22-21-13-8-14-25(21)20-12-7-6-11-19(20)16-26(22)23(27)24-15-18-9-4-3-5-10-18/h3-14,17,22H,15-16H2,1-2H3,(H,24,27). The fourth-order valence-electron chi connectivity index (χ4n) is 3.95. The second-order valence-electron chi connectivity index (χ2n) is 7.39. The molecular formula is C23H25N3O. The topological polar surface area (TPSA) is 37.3 Å². The van der Waals surface area contributed by atoms with Crippen molar-refractivity contribution in [3.05, 3.63) is 89.7 Å². The third kappa shape index (κ3) is 3.35. The molecule has 27 heavy (non-hydrogen) atoms. The third-order valence-electron chi connectivity index (χ3n) is 5.19. The van der Waals surface area contributed by atoms with Gasteiger partial charge in [-0.3, -0.25) is 0 Å². The molecule has 4 heteroatoms. The van der Waals surface area contributed by atoms with Crippen LogP contribution in [0.4, 0.5) is 4.79 Å². The van der Waals surface area contributed by atoms with Crippen LogP contribution < -0.4 is 5.32 Å². The number of hydrogen-bond acceptors (Lipinski definition) is 1. The smallest absolute Gasteiger partial charge is 0.318 e. The maximum Gasteiger partial charge on any atom is 0.318 e. The summed E-state index contributed by atoms with van der Waals surface area (Å²) >= 11 is 0. The number of aromatic nitrogens is 1. The van der Waals surface area contributed by atoms with E-state index in [9.17, 15) is 4.79 Å². The lowest BCUT2D eigenvalue weighted by Gasteiger charge is -2.33. The second kappa shape index (κ2) is 7.31. The maximum absolute atomic E-state index is 13.2. The summed E-state index contributed by atoms with van der Waals surface area (Å²) in [5.74, 6) is 0.301. The average Bonchev–Trinajstić information content (AvgIpc) is 3.10. The minimum atomic E-state index is -0.0259. The van der Waals surface area contributed by atoms with Crippen molar-refractivity contribution >= 4 is 6.03 Å². The van der Waals surface area contributed by atoms with Crippen molar-refractivity contribution in [2.75, 3.05) is 0 Å². The van der Waals surface area contributed by atoms with E-state index in [1.165, 1.54) is 0 Å². The summed E-state index contributed by atoms with van der Waals surface area (Å²) in [6, 6.07) is 22.5. The first-order valence-electron chi connectivity index (χ1n) is 9.49. The van der Waals surface area contributed by atoms with Crippen molar-refractivity contribution in [3.63, 3.8) is 0 Å². The zero-order valence-electron chi connectivity index (χ0n) is 15.8. The summed E-state index contributed by atoms with van der Waals surface area (Å²) in [6.45, 7) is 5.48. The number of hydrogen-bond donors (Lipinski definition) is 1. The van der Waals surface area contributed by atoms with E-state index in [2.05, 4.69) is 60.3 Å². The monoisotopic (exact) mass is 359 g/mol. The third-order valence-corrected chi connectivity index (χ3v) is 5.19. The first-order chi connectivity index (χ1) is 13.1. The molecular weight excluding hydrogens is 334 g/mol. The van der Waals surface area contributed by atoms with Crippen molar-refractivity contribution in [3.8, 4) is 5.69 Å². The van der Waals surface area contributed by atoms with Crippen LogP contribution in [0.1, 0.15) is 36.7 Å². The molecule has 1 aliphatic heterocycles. The average molecular weight is 359 g/mol. The molecule has 2 heterocycles. The first kappa shape index (κ1) is 17.4. The Morgan fingerprint density at radius 2 is 1.78 bits per heavy atom. The molecule has 1 aromatic heterocycles. The van der Waals surface area contributed by atoms with E-state index in [4.69, 9.17) is 0 Å². The quantitative estimate of drug-likeness (QED) is 0.709. The van der Waals surface area contributed by atoms with Crippen LogP contribution in [-0.2, 0) is 13.1 Å². The Morgan fingerprint density at radius 1 is 1.04 bits per heavy atom. The van der Waals surface area contributed by atoms with Crippen molar-refractivity contribution in [1.82, 2.24) is 14.8 Å². The van der Waals surface area contributed by atoms with E-state index in [0.29, 0.717) is 19.0 Å². The molecule has 3 aromatic rings. The number of nitrogens with zero attached hydrogens (tertiary/aromatic N) is 2. The van der Waals surface area contributed by atoms with Crippen LogP contribution in [0.2, 0.25) is 0 Å². The van der Waals surface area contributed by atoms with Gasteiger partial charge >= 0.3 is 6.03 Å². The predicted molar refractivity (Wildman–Crippen MR) is 108 cm³/mol. The van der Waals surface area contributed by atoms with Crippen molar-refractivity contribution in [1.29, 1.82) is 0 Å². The second-order valence-corrected chi connectivity index (χ2v) is 7.39. The maximum atomic E-state index is 13.2. The number of urea groups is 1. The van der Waals surface area contributed by atoms with Gasteiger partial charge in [-0.2, -0.15) is 0 Å². The van der Waals surface area contributed by atoms with Gasteiger partial charge in [0, 0.05) is 18.4 Å². The lowest BCUT2D eigenvalue weighted by atomic mass is 9.99. The lowest BCUT2D eigenvalue weighted by Crippen LogP contribution is -2.42. The molecule has 1 atom stereocenters. The zero-order chi connectivity index (χ0) is 18.8. The van der Waals surface area contributed by atoms with E-state index in [-0.39, 0.29) is 12.1 Å². The van der Waals surface area contributed by atoms with E-state index < -0.39 is 0 Å². The largest absolute Gasteiger partial charge is 0.334 e. The molecule has 0 bridgehead atoms. The Bertz CT molecular complexity index is 930. The molecule has 1 unspecified atom stereocenters. The Labute approximate surface area is 160 Å². The van der Waals surface area contributed by atoms with E-state index in [1.807, 2.05) is 41.3 Å². The van der Waals surface area contributed by atoms with Crippen LogP contribution in [0.5, 0.6) is 0 Å². The molecule has 138 valence electrons. The molecule has 0 radical (unpaired) electrons. The summed E-state index contributed by atoms with van der Waals surface area (Å²) < 4.78 is 2.23. The van der Waals surface area contributed by atoms with Gasteiger partial charge in [0.05, 0.1) is 18.3 Å². The van der Waals surface area contributed by atoms with Crippen LogP contribution in [0.3, 0.4) is 0 Å². The van der Waals surface area contributed by atoms with E-state index in [0.717, 1.165) is 22.5 Å². The van der Waals surface area contributed by atoms with Gasteiger partial charge in [-0.1, -0.05) is 62.4 Å². The van der Waals surface area contributed by atoms with Crippen LogP contribution in [0.15, 0.2) is 72.9 Å². The van der Waals surface area contributed by atoms with Crippen molar-refractivity contribution < 1.29 is 4.79 Å². The molecule has 2 amide bonds. The Hall–Kier alpha value is -3.01. The van der Waals surface area contributed by atoms with Crippen LogP contribution in [-0.4, -0.2) is 15.5 Å². The van der Waals surface area contributed by atoms with Gasteiger partial charge in [-0.05, 0) is 35.2 Å². The lowest BCUT2D eigenvalue weighted by molar-refractivity contribution is 0.149. The van der Waals surface area contributed by atoms with Gasteiger partial charge in [0.1, 0.15) is 0 Å². The summed E-state index contributed by atoms with van der Waals surface area (Å²) in [5, 5.41) is 3.11. The highest BCUT2D eigenvalue weighted by atomic mass is 16.2. The minimum Gasteiger partial charge on any atom is -0.334 e. The highest BCUT2D eigenvalue weighted by Gasteiger charge is 2.33. The Kier molecular flexibility index (Phi) is 4.71. The van der Waals surface area contributed by atoms with Crippen molar-refractivity contribution in [2.24, 2.45) is 5.92 Å². The summed E-state index contributed by atoms with van der Waals surface area (Å²) in [5.41, 5.74) is 4.57. The number of rotatable bonds is 3. The summed E-state index contributed by atoms with van der Waals surface area (Å²) in [6.07, 6.45) is 2.09. The number of carbonyl (C=O) groups is 1. The fraction of sp³-hybridized carbons (Fsp3) is 0.261. The van der Waals surface area contributed by atoms with Gasteiger partial charge < -0.3 is 14.8 Å². The number of carbonyl (C=O) groups excluding carboxylic acids is 1. The molecule has 0 fully saturated rings. The molecule has 4 rings (SSSR count). The molecule has 0 saturated heterocycles. The molecule has 0 saturated carbocycles. The SMILES string of the molecule is CC(C)C1c2cccn2-c2ccccc2CN1C(=O)NCc1ccccc1. The van der Waals surface area contributed by atoms with Gasteiger partial charge in [0.15, 0.2) is 0 Å². The normalized spacial score (nSPS) is 15.8. The number of nitrogens with one attached hydrogen (secondary N) is 1. The highest BCUT2D eigenvalue weighted by molar-refractivity contribution is 5.75. The van der Waals surface area contributed by atoms with Gasteiger partial charge in [-0.15, -0.1) is 0 Å². The predicted octanol–water partition coefficient (Wildman–Crippen LogP) is 4.90. The molecule has 4 nitrogen and oxygen atoms in total. The van der Waals surface area contributed by atoms with Gasteiger partial charge in [0.2, 0.25) is 0 Å². The minimum absolute atomic E-state index is 0.0168. The first-order valence-corrected chi connectivity index (χ1v) is 9.49. The van der Waals surface area contributed by atoms with Crippen LogP contribution >= 0.6 is 0 Å². The fourth-order valence-corrected chi connectivity index (χ4v) is 3.95. The highest BCUT2D eigenvalue weighted by Crippen LogP contribution is 2.36. The Balaban J connectivity index is 1.67. The molecule has 0 spiro atoms. The summed E-state index contributed by atoms with van der Waals surface area (Å²) in [7, 11) is 0. The zero-order valence-corrected chi connectivity index (χ0v) is 15.8. The Morgan fingerprint density at radius 3 is 2.56 bits per heavy atom. The molecule has 2 aromatic carbocycles. The molecule has 1 aliphatic rings. The van der Waals surface area contributed by atoms with Crippen LogP contribution in [0, 0.1) is 5.92 Å². The number of fused-ring (bicyclic) bond motifs is 3. The molecule has 0 aliphatic carbocycles. The van der Waals surface area contributed by atoms with Crippen LogP contribution in [0.25, 0.3) is 5.69 Å². The molecule has 1 N–H and O–H groups in total. The van der Waals surface area contributed by atoms with E-state index >= 15 is 0 Å². The summed E-state index contributed by atoms with van der Waals surface area (Å²) in [4.78, 5) is 15.2. The number of amides is 2. The number of benzene rings is 2. The van der Waals surface area contributed by atoms with Gasteiger partial charge in [-0.25, -0.2) is 4.79 Å². The number of para-hydroxylation sites is 1. The van der Waals surface area contributed by atoms with Crippen molar-refractivity contribution in [2.45, 2.75) is 33.0 Å². The van der Waals surface area contributed by atoms with E-state index in [1.54, 1.807) is 0 Å². The van der Waals surface area contributed by atoms with Gasteiger partial charge in [0.25, 0.3) is 0 Å².